The Kier molecular flexibility index (Phi) is 5.93. The van der Waals surface area contributed by atoms with Crippen LogP contribution >= 0.6 is 0 Å². The van der Waals surface area contributed by atoms with Crippen LogP contribution in [0.3, 0.4) is 0 Å². The van der Waals surface area contributed by atoms with Gasteiger partial charge in [0.2, 0.25) is 5.95 Å². The lowest BCUT2D eigenvalue weighted by molar-refractivity contribution is 0.0711. The topological polar surface area (TPSA) is 108 Å². The third kappa shape index (κ3) is 4.53. The van der Waals surface area contributed by atoms with E-state index in [-0.39, 0.29) is 17.6 Å². The molecule has 33 heavy (non-hydrogen) atoms. The quantitative estimate of drug-likeness (QED) is 0.645. The number of carbonyl (C=O) groups is 1. The number of nitrogens with zero attached hydrogens (tertiary/aromatic N) is 6. The number of piperidine rings is 2. The van der Waals surface area contributed by atoms with Crippen molar-refractivity contribution in [2.45, 2.75) is 44.9 Å². The molecule has 2 saturated heterocycles. The molecular formula is C24H28N6O3. The van der Waals surface area contributed by atoms with E-state index in [4.69, 9.17) is 9.51 Å². The van der Waals surface area contributed by atoms with Crippen LogP contribution in [0, 0.1) is 6.92 Å². The van der Waals surface area contributed by atoms with E-state index in [1.54, 1.807) is 0 Å². The molecule has 0 spiro atoms. The average Bonchev–Trinajstić information content (AvgIpc) is 3.30. The van der Waals surface area contributed by atoms with Crippen molar-refractivity contribution in [2.75, 3.05) is 31.1 Å². The molecule has 0 bridgehead atoms. The van der Waals surface area contributed by atoms with Crippen molar-refractivity contribution in [2.24, 2.45) is 0 Å². The number of pyridine rings is 1. The molecule has 172 valence electrons. The zero-order chi connectivity index (χ0) is 22.8. The third-order valence-electron chi connectivity index (χ3n) is 6.48. The van der Waals surface area contributed by atoms with Gasteiger partial charge in [-0.25, -0.2) is 9.97 Å². The maximum atomic E-state index is 12.9. The minimum Gasteiger partial charge on any atom is -0.506 e. The van der Waals surface area contributed by atoms with Gasteiger partial charge in [0.15, 0.2) is 5.76 Å². The van der Waals surface area contributed by atoms with Crippen LogP contribution in [0.4, 0.5) is 5.95 Å². The van der Waals surface area contributed by atoms with Gasteiger partial charge in [0.1, 0.15) is 5.75 Å². The Morgan fingerprint density at radius 1 is 1.06 bits per heavy atom. The number of aromatic nitrogens is 4. The van der Waals surface area contributed by atoms with Crippen molar-refractivity contribution in [1.29, 1.82) is 0 Å². The minimum atomic E-state index is -0.111. The SMILES string of the molecule is Cc1cc(-c2cnc(N3CCCCC3)nc2C2CCN(C(=O)c3cncc(O)c3)CC2)on1. The Labute approximate surface area is 192 Å². The van der Waals surface area contributed by atoms with Crippen molar-refractivity contribution >= 4 is 11.9 Å². The Hall–Kier alpha value is -3.49. The molecule has 1 amide bonds. The summed E-state index contributed by atoms with van der Waals surface area (Å²) < 4.78 is 5.56. The highest BCUT2D eigenvalue weighted by atomic mass is 16.5. The summed E-state index contributed by atoms with van der Waals surface area (Å²) in [5, 5.41) is 13.7. The second-order valence-corrected chi connectivity index (χ2v) is 8.85. The molecule has 5 heterocycles. The summed E-state index contributed by atoms with van der Waals surface area (Å²) in [6.07, 6.45) is 9.82. The molecule has 1 N–H and O–H groups in total. The molecular weight excluding hydrogens is 420 g/mol. The highest BCUT2D eigenvalue weighted by Gasteiger charge is 2.29. The van der Waals surface area contributed by atoms with E-state index >= 15 is 0 Å². The van der Waals surface area contributed by atoms with E-state index in [2.05, 4.69) is 20.0 Å². The van der Waals surface area contributed by atoms with Gasteiger partial charge < -0.3 is 19.4 Å². The van der Waals surface area contributed by atoms with E-state index in [1.807, 2.05) is 24.1 Å². The van der Waals surface area contributed by atoms with Crippen LogP contribution in [0.15, 0.2) is 35.2 Å². The van der Waals surface area contributed by atoms with Gasteiger partial charge >= 0.3 is 0 Å². The summed E-state index contributed by atoms with van der Waals surface area (Å²) in [6.45, 7) is 5.07. The number of hydrogen-bond acceptors (Lipinski definition) is 8. The number of amides is 1. The van der Waals surface area contributed by atoms with E-state index < -0.39 is 0 Å². The molecule has 3 aromatic heterocycles. The Balaban J connectivity index is 1.38. The fraction of sp³-hybridized carbons (Fsp3) is 0.458. The monoisotopic (exact) mass is 448 g/mol. The van der Waals surface area contributed by atoms with E-state index in [9.17, 15) is 9.90 Å². The third-order valence-corrected chi connectivity index (χ3v) is 6.48. The molecule has 0 atom stereocenters. The van der Waals surface area contributed by atoms with Gasteiger partial charge in [0.05, 0.1) is 28.7 Å². The first-order chi connectivity index (χ1) is 16.1. The lowest BCUT2D eigenvalue weighted by Crippen LogP contribution is -2.38. The molecule has 2 aliphatic heterocycles. The molecule has 2 fully saturated rings. The predicted octanol–water partition coefficient (Wildman–Crippen LogP) is 3.55. The van der Waals surface area contributed by atoms with Crippen LogP contribution in [0.1, 0.15) is 59.8 Å². The molecule has 2 aliphatic rings. The predicted molar refractivity (Wildman–Crippen MR) is 122 cm³/mol. The normalized spacial score (nSPS) is 17.4. The number of likely N-dealkylation sites (tertiary alicyclic amines) is 1. The van der Waals surface area contributed by atoms with E-state index in [1.165, 1.54) is 24.9 Å². The van der Waals surface area contributed by atoms with Crippen LogP contribution in [-0.4, -0.2) is 62.2 Å². The lowest BCUT2D eigenvalue weighted by Gasteiger charge is -2.33. The van der Waals surface area contributed by atoms with Gasteiger partial charge in [-0.1, -0.05) is 5.16 Å². The second kappa shape index (κ2) is 9.17. The van der Waals surface area contributed by atoms with E-state index in [0.717, 1.165) is 61.7 Å². The first kappa shape index (κ1) is 21.4. The lowest BCUT2D eigenvalue weighted by atomic mass is 9.90. The Bertz CT molecular complexity index is 1130. The number of hydrogen-bond donors (Lipinski definition) is 1. The summed E-state index contributed by atoms with van der Waals surface area (Å²) >= 11 is 0. The van der Waals surface area contributed by atoms with Crippen LogP contribution in [0.25, 0.3) is 11.3 Å². The maximum absolute atomic E-state index is 12.9. The number of rotatable bonds is 4. The van der Waals surface area contributed by atoms with Crippen molar-refractivity contribution < 1.29 is 14.4 Å². The molecule has 0 unspecified atom stereocenters. The Morgan fingerprint density at radius 2 is 1.85 bits per heavy atom. The average molecular weight is 449 g/mol. The zero-order valence-electron chi connectivity index (χ0n) is 18.8. The zero-order valence-corrected chi connectivity index (χ0v) is 18.8. The van der Waals surface area contributed by atoms with Crippen LogP contribution < -0.4 is 4.90 Å². The van der Waals surface area contributed by atoms with Crippen molar-refractivity contribution in [3.05, 3.63) is 47.7 Å². The number of aryl methyl sites for hydroxylation is 1. The maximum Gasteiger partial charge on any atom is 0.255 e. The van der Waals surface area contributed by atoms with Gasteiger partial charge in [-0.15, -0.1) is 0 Å². The van der Waals surface area contributed by atoms with Gasteiger partial charge in [0.25, 0.3) is 5.91 Å². The highest BCUT2D eigenvalue weighted by molar-refractivity contribution is 5.94. The molecule has 9 heteroatoms. The summed E-state index contributed by atoms with van der Waals surface area (Å²) in [4.78, 5) is 30.6. The summed E-state index contributed by atoms with van der Waals surface area (Å²) in [7, 11) is 0. The molecule has 3 aromatic rings. The fourth-order valence-electron chi connectivity index (χ4n) is 4.71. The fourth-order valence-corrected chi connectivity index (χ4v) is 4.71. The van der Waals surface area contributed by atoms with Crippen molar-refractivity contribution in [3.8, 4) is 17.1 Å². The number of anilines is 1. The smallest absolute Gasteiger partial charge is 0.255 e. The summed E-state index contributed by atoms with van der Waals surface area (Å²) in [6, 6.07) is 3.37. The number of carbonyl (C=O) groups excluding carboxylic acids is 1. The standard InChI is InChI=1S/C24H28N6O3/c1-16-11-21(33-28-16)20-15-26-24(30-7-3-2-4-8-30)27-22(20)17-5-9-29(10-6-17)23(32)18-12-19(31)14-25-13-18/h11-15,17,31H,2-10H2,1H3. The van der Waals surface area contributed by atoms with Gasteiger partial charge in [-0.05, 0) is 45.1 Å². The van der Waals surface area contributed by atoms with Gasteiger partial charge in [-0.2, -0.15) is 0 Å². The molecule has 9 nitrogen and oxygen atoms in total. The first-order valence-corrected chi connectivity index (χ1v) is 11.6. The molecule has 0 aromatic carbocycles. The van der Waals surface area contributed by atoms with E-state index in [0.29, 0.717) is 24.4 Å². The minimum absolute atomic E-state index is 0.00560. The first-order valence-electron chi connectivity index (χ1n) is 11.6. The number of aromatic hydroxyl groups is 1. The van der Waals surface area contributed by atoms with Crippen LogP contribution in [0.2, 0.25) is 0 Å². The summed E-state index contributed by atoms with van der Waals surface area (Å²) in [5.74, 6) is 1.52. The van der Waals surface area contributed by atoms with Gasteiger partial charge in [0, 0.05) is 50.6 Å². The van der Waals surface area contributed by atoms with Crippen molar-refractivity contribution in [3.63, 3.8) is 0 Å². The van der Waals surface area contributed by atoms with Crippen LogP contribution in [0.5, 0.6) is 5.75 Å². The van der Waals surface area contributed by atoms with Gasteiger partial charge in [-0.3, -0.25) is 9.78 Å². The molecule has 0 radical (unpaired) electrons. The highest BCUT2D eigenvalue weighted by Crippen LogP contribution is 2.35. The molecule has 5 rings (SSSR count). The van der Waals surface area contributed by atoms with Crippen molar-refractivity contribution in [1.82, 2.24) is 25.0 Å². The second-order valence-electron chi connectivity index (χ2n) is 8.85. The van der Waals surface area contributed by atoms with Crippen LogP contribution in [-0.2, 0) is 0 Å². The molecule has 0 saturated carbocycles. The molecule has 0 aliphatic carbocycles. The Morgan fingerprint density at radius 3 is 2.55 bits per heavy atom. The summed E-state index contributed by atoms with van der Waals surface area (Å²) in [5.41, 5.74) is 3.06. The largest absolute Gasteiger partial charge is 0.506 e.